The molecule has 1 saturated carbocycles. The number of carbonyl (C=O) groups excluding carboxylic acids is 1. The summed E-state index contributed by atoms with van der Waals surface area (Å²) in [7, 11) is 1.35. The Hall–Kier alpha value is -1.62. The number of ether oxygens (including phenoxy) is 1. The van der Waals surface area contributed by atoms with Crippen molar-refractivity contribution in [2.24, 2.45) is 0 Å². The molecule has 20 heavy (non-hydrogen) atoms. The monoisotopic (exact) mass is 278 g/mol. The summed E-state index contributed by atoms with van der Waals surface area (Å²) in [6.07, 6.45) is 5.02. The van der Waals surface area contributed by atoms with E-state index in [9.17, 15) is 9.90 Å². The van der Waals surface area contributed by atoms with Crippen molar-refractivity contribution < 1.29 is 14.6 Å². The van der Waals surface area contributed by atoms with Crippen LogP contribution in [0.15, 0.2) is 12.1 Å². The summed E-state index contributed by atoms with van der Waals surface area (Å²) in [5.74, 6) is 0.293. The van der Waals surface area contributed by atoms with Gasteiger partial charge in [0, 0.05) is 6.54 Å². The van der Waals surface area contributed by atoms with Gasteiger partial charge in [-0.05, 0) is 31.9 Å². The molecule has 0 aromatic carbocycles. The standard InChI is InChI=1S/C15H22N2O3/c1-11-12(14(18)20-2)6-7-13(17-11)16-10-15(19)8-4-3-5-9-15/h6-7,19H,3-5,8-10H2,1-2H3,(H,16,17). The number of aliphatic hydroxyl groups is 1. The molecule has 1 aliphatic carbocycles. The van der Waals surface area contributed by atoms with Crippen LogP contribution in [0.5, 0.6) is 0 Å². The minimum Gasteiger partial charge on any atom is -0.465 e. The van der Waals surface area contributed by atoms with Crippen LogP contribution in [0.4, 0.5) is 5.82 Å². The molecule has 0 saturated heterocycles. The van der Waals surface area contributed by atoms with E-state index in [0.29, 0.717) is 23.6 Å². The van der Waals surface area contributed by atoms with E-state index in [1.807, 2.05) is 0 Å². The van der Waals surface area contributed by atoms with Crippen molar-refractivity contribution in [3.63, 3.8) is 0 Å². The number of nitrogens with one attached hydrogen (secondary N) is 1. The van der Waals surface area contributed by atoms with E-state index in [4.69, 9.17) is 0 Å². The fraction of sp³-hybridized carbons (Fsp3) is 0.600. The summed E-state index contributed by atoms with van der Waals surface area (Å²) in [5.41, 5.74) is 0.460. The highest BCUT2D eigenvalue weighted by atomic mass is 16.5. The van der Waals surface area contributed by atoms with E-state index < -0.39 is 5.60 Å². The number of methoxy groups -OCH3 is 1. The lowest BCUT2D eigenvalue weighted by molar-refractivity contribution is 0.0166. The largest absolute Gasteiger partial charge is 0.465 e. The normalized spacial score (nSPS) is 17.6. The third-order valence-electron chi connectivity index (χ3n) is 3.87. The van der Waals surface area contributed by atoms with Crippen molar-refractivity contribution in [1.29, 1.82) is 0 Å². The minimum absolute atomic E-state index is 0.382. The molecular formula is C15H22N2O3. The van der Waals surface area contributed by atoms with Crippen LogP contribution in [-0.4, -0.2) is 35.3 Å². The number of aromatic nitrogens is 1. The van der Waals surface area contributed by atoms with Gasteiger partial charge in [0.15, 0.2) is 0 Å². The summed E-state index contributed by atoms with van der Waals surface area (Å²) in [6, 6.07) is 3.44. The first kappa shape index (κ1) is 14.8. The number of carbonyl (C=O) groups is 1. The molecule has 0 unspecified atom stereocenters. The molecule has 1 heterocycles. The predicted molar refractivity (Wildman–Crippen MR) is 76.8 cm³/mol. The Morgan fingerprint density at radius 3 is 2.70 bits per heavy atom. The summed E-state index contributed by atoms with van der Waals surface area (Å²) in [5, 5.41) is 13.6. The van der Waals surface area contributed by atoms with Gasteiger partial charge in [0.1, 0.15) is 5.82 Å². The third-order valence-corrected chi connectivity index (χ3v) is 3.87. The van der Waals surface area contributed by atoms with Crippen molar-refractivity contribution in [3.05, 3.63) is 23.4 Å². The molecule has 110 valence electrons. The molecule has 0 amide bonds. The van der Waals surface area contributed by atoms with Crippen molar-refractivity contribution in [2.75, 3.05) is 19.0 Å². The van der Waals surface area contributed by atoms with Crippen LogP contribution in [0, 0.1) is 6.92 Å². The molecule has 0 radical (unpaired) electrons. The van der Waals surface area contributed by atoms with Crippen molar-refractivity contribution in [2.45, 2.75) is 44.6 Å². The summed E-state index contributed by atoms with van der Waals surface area (Å²) in [6.45, 7) is 2.27. The number of nitrogens with zero attached hydrogens (tertiary/aromatic N) is 1. The van der Waals surface area contributed by atoms with Gasteiger partial charge < -0.3 is 15.2 Å². The zero-order valence-corrected chi connectivity index (χ0v) is 12.1. The van der Waals surface area contributed by atoms with Gasteiger partial charge >= 0.3 is 5.97 Å². The van der Waals surface area contributed by atoms with Gasteiger partial charge in [0.2, 0.25) is 0 Å². The lowest BCUT2D eigenvalue weighted by Crippen LogP contribution is -2.39. The third kappa shape index (κ3) is 3.48. The number of anilines is 1. The maximum Gasteiger partial charge on any atom is 0.339 e. The molecule has 1 fully saturated rings. The molecule has 5 heteroatoms. The van der Waals surface area contributed by atoms with Gasteiger partial charge in [-0.25, -0.2) is 9.78 Å². The Morgan fingerprint density at radius 2 is 2.10 bits per heavy atom. The summed E-state index contributed by atoms with van der Waals surface area (Å²) >= 11 is 0. The Kier molecular flexibility index (Phi) is 4.60. The highest BCUT2D eigenvalue weighted by molar-refractivity contribution is 5.90. The molecule has 0 aliphatic heterocycles. The summed E-state index contributed by atoms with van der Waals surface area (Å²) < 4.78 is 4.69. The van der Waals surface area contributed by atoms with Crippen LogP contribution in [0.2, 0.25) is 0 Å². The van der Waals surface area contributed by atoms with E-state index in [1.165, 1.54) is 13.5 Å². The number of hydrogen-bond acceptors (Lipinski definition) is 5. The van der Waals surface area contributed by atoms with Crippen molar-refractivity contribution >= 4 is 11.8 Å². The molecule has 1 aromatic rings. The van der Waals surface area contributed by atoms with E-state index in [2.05, 4.69) is 15.0 Å². The first-order valence-electron chi connectivity index (χ1n) is 7.06. The van der Waals surface area contributed by atoms with Gasteiger partial charge in [-0.1, -0.05) is 19.3 Å². The molecule has 0 spiro atoms. The lowest BCUT2D eigenvalue weighted by atomic mass is 9.85. The van der Waals surface area contributed by atoms with E-state index >= 15 is 0 Å². The number of rotatable bonds is 4. The highest BCUT2D eigenvalue weighted by Crippen LogP contribution is 2.28. The SMILES string of the molecule is COC(=O)c1ccc(NCC2(O)CCCCC2)nc1C. The molecule has 1 aliphatic rings. The molecule has 5 nitrogen and oxygen atoms in total. The van der Waals surface area contributed by atoms with Crippen LogP contribution >= 0.6 is 0 Å². The first-order chi connectivity index (χ1) is 9.54. The van der Waals surface area contributed by atoms with Crippen LogP contribution in [0.3, 0.4) is 0 Å². The average Bonchev–Trinajstić information content (AvgIpc) is 2.45. The van der Waals surface area contributed by atoms with Gasteiger partial charge in [0.05, 0.1) is 24.0 Å². The van der Waals surface area contributed by atoms with Crippen LogP contribution in [-0.2, 0) is 4.74 Å². The molecule has 2 N–H and O–H groups in total. The van der Waals surface area contributed by atoms with Crippen molar-refractivity contribution in [3.8, 4) is 0 Å². The Morgan fingerprint density at radius 1 is 1.40 bits per heavy atom. The second-order valence-electron chi connectivity index (χ2n) is 5.46. The zero-order valence-electron chi connectivity index (χ0n) is 12.1. The topological polar surface area (TPSA) is 71.5 Å². The quantitative estimate of drug-likeness (QED) is 0.827. The second kappa shape index (κ2) is 6.22. The second-order valence-corrected chi connectivity index (χ2v) is 5.46. The van der Waals surface area contributed by atoms with Crippen LogP contribution < -0.4 is 5.32 Å². The first-order valence-corrected chi connectivity index (χ1v) is 7.06. The van der Waals surface area contributed by atoms with E-state index in [0.717, 1.165) is 25.7 Å². The molecule has 1 aromatic heterocycles. The number of aryl methyl sites for hydroxylation is 1. The number of pyridine rings is 1. The summed E-state index contributed by atoms with van der Waals surface area (Å²) in [4.78, 5) is 15.8. The highest BCUT2D eigenvalue weighted by Gasteiger charge is 2.28. The Bertz CT molecular complexity index is 482. The van der Waals surface area contributed by atoms with Gasteiger partial charge in [-0.15, -0.1) is 0 Å². The van der Waals surface area contributed by atoms with Crippen molar-refractivity contribution in [1.82, 2.24) is 4.98 Å². The predicted octanol–water partition coefficient (Wildman–Crippen LogP) is 2.28. The van der Waals surface area contributed by atoms with E-state index in [1.54, 1.807) is 19.1 Å². The maximum absolute atomic E-state index is 11.5. The molecule has 2 rings (SSSR count). The van der Waals surface area contributed by atoms with Gasteiger partial charge in [-0.2, -0.15) is 0 Å². The average molecular weight is 278 g/mol. The Balaban J connectivity index is 2.00. The lowest BCUT2D eigenvalue weighted by Gasteiger charge is -2.32. The number of hydrogen-bond donors (Lipinski definition) is 2. The molecule has 0 atom stereocenters. The van der Waals surface area contributed by atoms with Crippen LogP contribution in [0.1, 0.15) is 48.2 Å². The smallest absolute Gasteiger partial charge is 0.339 e. The fourth-order valence-electron chi connectivity index (χ4n) is 2.63. The van der Waals surface area contributed by atoms with Crippen LogP contribution in [0.25, 0.3) is 0 Å². The van der Waals surface area contributed by atoms with E-state index in [-0.39, 0.29) is 5.97 Å². The Labute approximate surface area is 119 Å². The molecular weight excluding hydrogens is 256 g/mol. The minimum atomic E-state index is -0.630. The van der Waals surface area contributed by atoms with Gasteiger partial charge in [0.25, 0.3) is 0 Å². The zero-order chi connectivity index (χ0) is 14.6. The fourth-order valence-corrected chi connectivity index (χ4v) is 2.63. The van der Waals surface area contributed by atoms with Gasteiger partial charge in [-0.3, -0.25) is 0 Å². The number of esters is 1. The maximum atomic E-state index is 11.5. The molecule has 0 bridgehead atoms.